The van der Waals surface area contributed by atoms with Crippen LogP contribution in [0.5, 0.6) is 0 Å². The van der Waals surface area contributed by atoms with Gasteiger partial charge >= 0.3 is 0 Å². The zero-order valence-electron chi connectivity index (χ0n) is 9.74. The third-order valence-electron chi connectivity index (χ3n) is 2.74. The van der Waals surface area contributed by atoms with Gasteiger partial charge in [-0.05, 0) is 58.4 Å². The van der Waals surface area contributed by atoms with Crippen molar-refractivity contribution in [2.45, 2.75) is 17.9 Å². The van der Waals surface area contributed by atoms with Crippen LogP contribution in [0.15, 0.2) is 39.0 Å². The lowest BCUT2D eigenvalue weighted by atomic mass is 10.0. The van der Waals surface area contributed by atoms with Crippen LogP contribution in [-0.2, 0) is 0 Å². The van der Waals surface area contributed by atoms with Crippen molar-refractivity contribution in [2.24, 2.45) is 5.73 Å². The Kier molecular flexibility index (Phi) is 4.31. The minimum atomic E-state index is -0.0338. The second-order valence-corrected chi connectivity index (χ2v) is 7.33. The summed E-state index contributed by atoms with van der Waals surface area (Å²) in [5.74, 6) is 0. The largest absolute Gasteiger partial charge is 0.320 e. The van der Waals surface area contributed by atoms with Gasteiger partial charge in [-0.3, -0.25) is 0 Å². The lowest BCUT2D eigenvalue weighted by molar-refractivity contribution is 0.867. The number of benzene rings is 1. The van der Waals surface area contributed by atoms with E-state index in [1.807, 2.05) is 0 Å². The van der Waals surface area contributed by atoms with Crippen molar-refractivity contribution in [1.29, 1.82) is 0 Å². The molecule has 0 bridgehead atoms. The van der Waals surface area contributed by atoms with Gasteiger partial charge in [-0.1, -0.05) is 12.1 Å². The molecule has 2 rings (SSSR count). The van der Waals surface area contributed by atoms with Crippen molar-refractivity contribution >= 4 is 39.0 Å². The maximum absolute atomic E-state index is 6.30. The van der Waals surface area contributed by atoms with Crippen LogP contribution >= 0.6 is 39.0 Å². The van der Waals surface area contributed by atoms with Crippen LogP contribution in [-0.4, -0.2) is 6.26 Å². The van der Waals surface area contributed by atoms with Crippen molar-refractivity contribution in [1.82, 2.24) is 0 Å². The number of thiophene rings is 1. The number of nitrogens with two attached hydrogens (primary N) is 1. The molecule has 2 N–H and O–H groups in total. The fourth-order valence-corrected chi connectivity index (χ4v) is 3.92. The number of hydrogen-bond donors (Lipinski definition) is 1. The molecule has 0 fully saturated rings. The maximum Gasteiger partial charge on any atom is 0.0704 e. The number of thioether (sulfide) groups is 1. The third-order valence-corrected chi connectivity index (χ3v) is 5.05. The van der Waals surface area contributed by atoms with E-state index in [2.05, 4.69) is 59.4 Å². The van der Waals surface area contributed by atoms with Gasteiger partial charge in [-0.15, -0.1) is 23.1 Å². The summed E-state index contributed by atoms with van der Waals surface area (Å²) >= 11 is 6.98. The van der Waals surface area contributed by atoms with Gasteiger partial charge in [0.1, 0.15) is 0 Å². The van der Waals surface area contributed by atoms with Crippen LogP contribution in [0, 0.1) is 6.92 Å². The van der Waals surface area contributed by atoms with Gasteiger partial charge in [0.25, 0.3) is 0 Å². The van der Waals surface area contributed by atoms with Gasteiger partial charge in [0.05, 0.1) is 9.83 Å². The molecule has 0 aliphatic heterocycles. The summed E-state index contributed by atoms with van der Waals surface area (Å²) in [6.07, 6.45) is 2.08. The molecule has 0 radical (unpaired) electrons. The van der Waals surface area contributed by atoms with E-state index >= 15 is 0 Å². The van der Waals surface area contributed by atoms with Crippen molar-refractivity contribution in [2.75, 3.05) is 6.26 Å². The Hall–Kier alpha value is -0.290. The Morgan fingerprint density at radius 3 is 2.41 bits per heavy atom. The van der Waals surface area contributed by atoms with E-state index in [1.165, 1.54) is 15.3 Å². The number of hydrogen-bond acceptors (Lipinski definition) is 3. The first-order chi connectivity index (χ1) is 8.11. The predicted molar refractivity (Wildman–Crippen MR) is 81.0 cm³/mol. The average Bonchev–Trinajstić information content (AvgIpc) is 2.68. The molecular formula is C13H14BrNS2. The first-order valence-corrected chi connectivity index (χ1v) is 8.10. The van der Waals surface area contributed by atoms with Gasteiger partial charge in [0.15, 0.2) is 0 Å². The van der Waals surface area contributed by atoms with Crippen molar-refractivity contribution in [3.05, 3.63) is 50.1 Å². The van der Waals surface area contributed by atoms with Crippen LogP contribution < -0.4 is 5.73 Å². The molecular weight excluding hydrogens is 314 g/mol. The van der Waals surface area contributed by atoms with Gasteiger partial charge in [0.2, 0.25) is 0 Å². The molecule has 0 saturated heterocycles. The predicted octanol–water partition coefficient (Wildman–Crippen LogP) is 4.59. The van der Waals surface area contributed by atoms with Gasteiger partial charge in [-0.25, -0.2) is 0 Å². The standard InChI is InChI=1S/C13H14BrNS2/c1-8-11(7-12(14)17-8)13(15)9-3-5-10(16-2)6-4-9/h3-7,13H,15H2,1-2H3. The molecule has 1 atom stereocenters. The van der Waals surface area contributed by atoms with E-state index in [4.69, 9.17) is 5.73 Å². The maximum atomic E-state index is 6.30. The van der Waals surface area contributed by atoms with E-state index in [1.54, 1.807) is 23.1 Å². The van der Waals surface area contributed by atoms with Crippen molar-refractivity contribution in [3.63, 3.8) is 0 Å². The van der Waals surface area contributed by atoms with E-state index in [0.29, 0.717) is 0 Å². The molecule has 0 aliphatic carbocycles. The summed E-state index contributed by atoms with van der Waals surface area (Å²) in [6.45, 7) is 2.11. The second-order valence-electron chi connectivity index (χ2n) is 3.81. The molecule has 4 heteroatoms. The first-order valence-electron chi connectivity index (χ1n) is 5.27. The van der Waals surface area contributed by atoms with Crippen LogP contribution in [0.1, 0.15) is 22.0 Å². The van der Waals surface area contributed by atoms with Crippen LogP contribution in [0.3, 0.4) is 0 Å². The summed E-state index contributed by atoms with van der Waals surface area (Å²) in [5, 5.41) is 0. The fraction of sp³-hybridized carbons (Fsp3) is 0.231. The molecule has 1 aromatic carbocycles. The second kappa shape index (κ2) is 5.57. The SMILES string of the molecule is CSc1ccc(C(N)c2cc(Br)sc2C)cc1. The Morgan fingerprint density at radius 2 is 1.94 bits per heavy atom. The van der Waals surface area contributed by atoms with Crippen LogP contribution in [0.2, 0.25) is 0 Å². The number of aryl methyl sites for hydroxylation is 1. The topological polar surface area (TPSA) is 26.0 Å². The van der Waals surface area contributed by atoms with Crippen molar-refractivity contribution < 1.29 is 0 Å². The Morgan fingerprint density at radius 1 is 1.29 bits per heavy atom. The zero-order chi connectivity index (χ0) is 12.4. The van der Waals surface area contributed by atoms with E-state index in [-0.39, 0.29) is 6.04 Å². The van der Waals surface area contributed by atoms with Crippen LogP contribution in [0.4, 0.5) is 0 Å². The third kappa shape index (κ3) is 2.94. The average molecular weight is 328 g/mol. The lowest BCUT2D eigenvalue weighted by Crippen LogP contribution is -2.11. The minimum absolute atomic E-state index is 0.0338. The Balaban J connectivity index is 2.30. The van der Waals surface area contributed by atoms with Gasteiger partial charge in [-0.2, -0.15) is 0 Å². The molecule has 0 aliphatic rings. The molecule has 1 nitrogen and oxygen atoms in total. The van der Waals surface area contributed by atoms with Crippen molar-refractivity contribution in [3.8, 4) is 0 Å². The highest BCUT2D eigenvalue weighted by atomic mass is 79.9. The highest BCUT2D eigenvalue weighted by Crippen LogP contribution is 2.32. The summed E-state index contributed by atoms with van der Waals surface area (Å²) in [7, 11) is 0. The molecule has 0 amide bonds. The monoisotopic (exact) mass is 327 g/mol. The molecule has 1 heterocycles. The molecule has 2 aromatic rings. The molecule has 0 saturated carbocycles. The quantitative estimate of drug-likeness (QED) is 0.834. The number of halogens is 1. The summed E-state index contributed by atoms with van der Waals surface area (Å²) < 4.78 is 1.14. The summed E-state index contributed by atoms with van der Waals surface area (Å²) in [6, 6.07) is 10.6. The Labute approximate surface area is 119 Å². The first kappa shape index (κ1) is 13.1. The number of rotatable bonds is 3. The Bertz CT molecular complexity index is 505. The minimum Gasteiger partial charge on any atom is -0.320 e. The molecule has 90 valence electrons. The van der Waals surface area contributed by atoms with Crippen LogP contribution in [0.25, 0.3) is 0 Å². The van der Waals surface area contributed by atoms with Gasteiger partial charge in [0, 0.05) is 9.77 Å². The fourth-order valence-electron chi connectivity index (χ4n) is 1.76. The summed E-state index contributed by atoms with van der Waals surface area (Å²) in [4.78, 5) is 2.54. The normalized spacial score (nSPS) is 12.7. The van der Waals surface area contributed by atoms with Gasteiger partial charge < -0.3 is 5.73 Å². The zero-order valence-corrected chi connectivity index (χ0v) is 13.0. The van der Waals surface area contributed by atoms with E-state index in [9.17, 15) is 0 Å². The highest BCUT2D eigenvalue weighted by molar-refractivity contribution is 9.11. The van der Waals surface area contributed by atoms with E-state index < -0.39 is 0 Å². The molecule has 1 aromatic heterocycles. The highest BCUT2D eigenvalue weighted by Gasteiger charge is 2.13. The smallest absolute Gasteiger partial charge is 0.0704 e. The lowest BCUT2D eigenvalue weighted by Gasteiger charge is -2.12. The van der Waals surface area contributed by atoms with E-state index in [0.717, 1.165) is 9.35 Å². The summed E-state index contributed by atoms with van der Waals surface area (Å²) in [5.41, 5.74) is 8.67. The molecule has 0 spiro atoms. The molecule has 1 unspecified atom stereocenters. The molecule has 17 heavy (non-hydrogen) atoms.